The molecule has 0 atom stereocenters. The first-order chi connectivity index (χ1) is 8.25. The van der Waals surface area contributed by atoms with Gasteiger partial charge in [0.2, 0.25) is 0 Å². The summed E-state index contributed by atoms with van der Waals surface area (Å²) >= 11 is 0. The topological polar surface area (TPSA) is 51.8 Å². The van der Waals surface area contributed by atoms with E-state index in [2.05, 4.69) is 28.2 Å². The number of hydrogen-bond donors (Lipinski definition) is 1. The average Bonchev–Trinajstić information content (AvgIpc) is 2.79. The maximum absolute atomic E-state index is 6.03. The predicted molar refractivity (Wildman–Crippen MR) is 68.6 cm³/mol. The number of hydrogen-bond acceptors (Lipinski definition) is 3. The minimum Gasteiger partial charge on any atom is -0.395 e. The van der Waals surface area contributed by atoms with E-state index in [0.717, 1.165) is 17.0 Å². The van der Waals surface area contributed by atoms with Crippen LogP contribution >= 0.6 is 0 Å². The summed E-state index contributed by atoms with van der Waals surface area (Å²) in [4.78, 5) is 8.40. The quantitative estimate of drug-likeness (QED) is 0.811. The molecule has 0 radical (unpaired) electrons. The molecule has 17 heavy (non-hydrogen) atoms. The van der Waals surface area contributed by atoms with Gasteiger partial charge in [-0.25, -0.2) is 9.97 Å². The lowest BCUT2D eigenvalue weighted by Gasteiger charge is -2.08. The number of nitrogens with zero attached hydrogens (tertiary/aromatic N) is 2. The van der Waals surface area contributed by atoms with Crippen LogP contribution in [0.4, 0.5) is 5.69 Å². The predicted octanol–water partition coefficient (Wildman–Crippen LogP) is 2.52. The molecule has 2 aromatic rings. The normalized spacial score (nSPS) is 13.7. The summed E-state index contributed by atoms with van der Waals surface area (Å²) in [5, 5.41) is 0. The Bertz CT molecular complexity index is 576. The van der Waals surface area contributed by atoms with Gasteiger partial charge < -0.3 is 5.73 Å². The number of benzene rings is 1. The Kier molecular flexibility index (Phi) is 2.32. The Morgan fingerprint density at radius 1 is 1.12 bits per heavy atom. The Labute approximate surface area is 101 Å². The van der Waals surface area contributed by atoms with Gasteiger partial charge in [0.05, 0.1) is 17.1 Å². The number of nitrogens with two attached hydrogens (primary N) is 1. The summed E-state index contributed by atoms with van der Waals surface area (Å²) in [6.45, 7) is 1.91. The third-order valence-electron chi connectivity index (χ3n) is 3.46. The fourth-order valence-electron chi connectivity index (χ4n) is 2.43. The van der Waals surface area contributed by atoms with Crippen LogP contribution < -0.4 is 5.73 Å². The third kappa shape index (κ3) is 1.68. The molecule has 3 heteroatoms. The summed E-state index contributed by atoms with van der Waals surface area (Å²) in [6.07, 6.45) is 5.21. The summed E-state index contributed by atoms with van der Waals surface area (Å²) in [6, 6.07) is 6.54. The summed E-state index contributed by atoms with van der Waals surface area (Å²) in [5.41, 5.74) is 12.4. The highest BCUT2D eigenvalue weighted by atomic mass is 14.9. The fraction of sp³-hybridized carbons (Fsp3) is 0.286. The van der Waals surface area contributed by atoms with Crippen molar-refractivity contribution in [2.75, 3.05) is 5.73 Å². The Morgan fingerprint density at radius 2 is 1.94 bits per heavy atom. The molecule has 1 aliphatic carbocycles. The first-order valence-electron chi connectivity index (χ1n) is 5.95. The zero-order valence-electron chi connectivity index (χ0n) is 9.90. The first-order valence-corrected chi connectivity index (χ1v) is 5.95. The van der Waals surface area contributed by atoms with Gasteiger partial charge >= 0.3 is 0 Å². The zero-order valence-corrected chi connectivity index (χ0v) is 9.90. The van der Waals surface area contributed by atoms with Crippen molar-refractivity contribution in [3.8, 4) is 11.3 Å². The minimum absolute atomic E-state index is 0.686. The van der Waals surface area contributed by atoms with E-state index in [1.165, 1.54) is 30.4 Å². The number of nitrogen functional groups attached to an aromatic ring is 1. The summed E-state index contributed by atoms with van der Waals surface area (Å²) in [7, 11) is 0. The van der Waals surface area contributed by atoms with Gasteiger partial charge in [-0.15, -0.1) is 0 Å². The molecule has 86 valence electrons. The molecule has 0 bridgehead atoms. The molecule has 0 fully saturated rings. The van der Waals surface area contributed by atoms with Crippen molar-refractivity contribution in [1.29, 1.82) is 0 Å². The van der Waals surface area contributed by atoms with E-state index in [4.69, 9.17) is 5.73 Å². The van der Waals surface area contributed by atoms with Gasteiger partial charge in [-0.3, -0.25) is 0 Å². The van der Waals surface area contributed by atoms with E-state index in [1.54, 1.807) is 6.33 Å². The Balaban J connectivity index is 2.13. The lowest BCUT2D eigenvalue weighted by molar-refractivity contribution is 0.912. The highest BCUT2D eigenvalue weighted by molar-refractivity contribution is 5.74. The molecular weight excluding hydrogens is 210 g/mol. The Hall–Kier alpha value is -1.90. The van der Waals surface area contributed by atoms with Crippen molar-refractivity contribution in [3.63, 3.8) is 0 Å². The van der Waals surface area contributed by atoms with Crippen molar-refractivity contribution in [2.45, 2.75) is 26.2 Å². The molecular formula is C14H15N3. The molecule has 2 N–H and O–H groups in total. The molecule has 0 aliphatic heterocycles. The van der Waals surface area contributed by atoms with Gasteiger partial charge in [0.25, 0.3) is 0 Å². The molecule has 1 heterocycles. The Morgan fingerprint density at radius 3 is 2.82 bits per heavy atom. The van der Waals surface area contributed by atoms with Crippen LogP contribution in [-0.2, 0) is 12.8 Å². The van der Waals surface area contributed by atoms with E-state index in [9.17, 15) is 0 Å². The van der Waals surface area contributed by atoms with Crippen molar-refractivity contribution in [3.05, 3.63) is 41.3 Å². The molecule has 3 rings (SSSR count). The number of aromatic nitrogens is 2. The van der Waals surface area contributed by atoms with Crippen molar-refractivity contribution in [1.82, 2.24) is 9.97 Å². The van der Waals surface area contributed by atoms with Crippen molar-refractivity contribution < 1.29 is 0 Å². The number of anilines is 1. The number of rotatable bonds is 1. The highest BCUT2D eigenvalue weighted by Crippen LogP contribution is 2.30. The monoisotopic (exact) mass is 225 g/mol. The van der Waals surface area contributed by atoms with Crippen LogP contribution in [-0.4, -0.2) is 9.97 Å². The molecule has 0 saturated heterocycles. The lowest BCUT2D eigenvalue weighted by Crippen LogP contribution is -1.99. The van der Waals surface area contributed by atoms with Crippen LogP contribution in [0.1, 0.15) is 23.2 Å². The standard InChI is InChI=1S/C14H15N3/c1-9-13(15)14(17-8-16-9)12-6-5-10-3-2-4-11(10)7-12/h5-8H,2-4,15H2,1H3. The van der Waals surface area contributed by atoms with Gasteiger partial charge in [-0.1, -0.05) is 12.1 Å². The second-order valence-electron chi connectivity index (χ2n) is 4.56. The summed E-state index contributed by atoms with van der Waals surface area (Å²) < 4.78 is 0. The van der Waals surface area contributed by atoms with Gasteiger partial charge in [-0.05, 0) is 43.4 Å². The third-order valence-corrected chi connectivity index (χ3v) is 3.46. The van der Waals surface area contributed by atoms with Crippen molar-refractivity contribution in [2.24, 2.45) is 0 Å². The van der Waals surface area contributed by atoms with Crippen LogP contribution in [0.5, 0.6) is 0 Å². The molecule has 0 saturated carbocycles. The van der Waals surface area contributed by atoms with Crippen LogP contribution in [0.3, 0.4) is 0 Å². The molecule has 3 nitrogen and oxygen atoms in total. The smallest absolute Gasteiger partial charge is 0.116 e. The molecule has 0 spiro atoms. The van der Waals surface area contributed by atoms with E-state index in [-0.39, 0.29) is 0 Å². The summed E-state index contributed by atoms with van der Waals surface area (Å²) in [5.74, 6) is 0. The van der Waals surface area contributed by atoms with Crippen LogP contribution in [0.2, 0.25) is 0 Å². The van der Waals surface area contributed by atoms with Crippen LogP contribution in [0, 0.1) is 6.92 Å². The van der Waals surface area contributed by atoms with Gasteiger partial charge in [-0.2, -0.15) is 0 Å². The van der Waals surface area contributed by atoms with Crippen LogP contribution in [0.15, 0.2) is 24.5 Å². The molecule has 0 amide bonds. The molecule has 1 aromatic carbocycles. The second kappa shape index (κ2) is 3.84. The fourth-order valence-corrected chi connectivity index (χ4v) is 2.43. The van der Waals surface area contributed by atoms with E-state index in [0.29, 0.717) is 5.69 Å². The number of fused-ring (bicyclic) bond motifs is 1. The van der Waals surface area contributed by atoms with Crippen LogP contribution in [0.25, 0.3) is 11.3 Å². The molecule has 1 aliphatic rings. The van der Waals surface area contributed by atoms with E-state index >= 15 is 0 Å². The number of aryl methyl sites for hydroxylation is 3. The second-order valence-corrected chi connectivity index (χ2v) is 4.56. The largest absolute Gasteiger partial charge is 0.395 e. The molecule has 1 aromatic heterocycles. The highest BCUT2D eigenvalue weighted by Gasteiger charge is 2.13. The van der Waals surface area contributed by atoms with Gasteiger partial charge in [0.15, 0.2) is 0 Å². The zero-order chi connectivity index (χ0) is 11.8. The minimum atomic E-state index is 0.686. The SMILES string of the molecule is Cc1ncnc(-c2ccc3c(c2)CCC3)c1N. The van der Waals surface area contributed by atoms with E-state index in [1.807, 2.05) is 6.92 Å². The van der Waals surface area contributed by atoms with E-state index < -0.39 is 0 Å². The maximum Gasteiger partial charge on any atom is 0.116 e. The molecule has 0 unspecified atom stereocenters. The van der Waals surface area contributed by atoms with Crippen molar-refractivity contribution >= 4 is 5.69 Å². The van der Waals surface area contributed by atoms with Gasteiger partial charge in [0.1, 0.15) is 6.33 Å². The maximum atomic E-state index is 6.03. The van der Waals surface area contributed by atoms with Gasteiger partial charge in [0, 0.05) is 5.56 Å². The first kappa shape index (κ1) is 10.3. The lowest BCUT2D eigenvalue weighted by atomic mass is 10.0. The average molecular weight is 225 g/mol.